The van der Waals surface area contributed by atoms with E-state index >= 15 is 0 Å². The Morgan fingerprint density at radius 3 is 1.71 bits per heavy atom. The number of nitrogens with zero attached hydrogens (tertiary/aromatic N) is 1. The Bertz CT molecular complexity index is 616. The Morgan fingerprint density at radius 1 is 0.643 bits per heavy atom. The number of unbranched alkanes of at least 4 members (excludes halogenated alkanes) is 16. The summed E-state index contributed by atoms with van der Waals surface area (Å²) in [5.74, 6) is -0.124. The summed E-state index contributed by atoms with van der Waals surface area (Å²) in [7, 11) is 3.64. The molecule has 0 aromatic carbocycles. The van der Waals surface area contributed by atoms with Gasteiger partial charge in [-0.1, -0.05) is 103 Å². The standard InChI is InChI=1S/C33H69NO7P/c1-6-8-9-10-11-12-13-14-15-16-17-18-20-23-27-37-30-32(31-41-42(36)40-29-26-34(3,4)5)39-28-24-21-19-22-25-33(35)38-7-2/h32,42H,6-31H2,1-5H3/q+1. The molecule has 0 heterocycles. The van der Waals surface area contributed by atoms with Crippen molar-refractivity contribution in [1.82, 2.24) is 0 Å². The van der Waals surface area contributed by atoms with Gasteiger partial charge in [-0.3, -0.25) is 9.36 Å². The predicted molar refractivity (Wildman–Crippen MR) is 174 cm³/mol. The highest BCUT2D eigenvalue weighted by Gasteiger charge is 2.14. The van der Waals surface area contributed by atoms with Gasteiger partial charge in [0.15, 0.2) is 0 Å². The van der Waals surface area contributed by atoms with E-state index in [2.05, 4.69) is 28.1 Å². The van der Waals surface area contributed by atoms with Crippen LogP contribution in [0.2, 0.25) is 0 Å². The molecule has 9 heteroatoms. The minimum atomic E-state index is -2.56. The van der Waals surface area contributed by atoms with E-state index in [0.717, 1.165) is 43.1 Å². The predicted octanol–water partition coefficient (Wildman–Crippen LogP) is 8.51. The number of ether oxygens (including phenoxy) is 3. The fourth-order valence-corrected chi connectivity index (χ4v) is 5.23. The van der Waals surface area contributed by atoms with Crippen molar-refractivity contribution in [2.75, 3.05) is 67.3 Å². The Hall–Kier alpha value is -0.500. The van der Waals surface area contributed by atoms with Crippen molar-refractivity contribution in [3.8, 4) is 0 Å². The number of carbonyl (C=O) groups excluding carboxylic acids is 1. The first-order valence-electron chi connectivity index (χ1n) is 17.2. The highest BCUT2D eigenvalue weighted by atomic mass is 31.1. The second kappa shape index (κ2) is 30.5. The molecule has 0 N–H and O–H groups in total. The van der Waals surface area contributed by atoms with Crippen LogP contribution in [-0.2, 0) is 32.6 Å². The average Bonchev–Trinajstić information content (AvgIpc) is 2.94. The maximum atomic E-state index is 12.2. The van der Waals surface area contributed by atoms with Crippen molar-refractivity contribution < 1.29 is 37.1 Å². The molecule has 0 aliphatic carbocycles. The van der Waals surface area contributed by atoms with Crippen LogP contribution in [0.5, 0.6) is 0 Å². The summed E-state index contributed by atoms with van der Waals surface area (Å²) >= 11 is 0. The number of esters is 1. The lowest BCUT2D eigenvalue weighted by Crippen LogP contribution is -2.37. The Balaban J connectivity index is 4.01. The molecule has 8 nitrogen and oxygen atoms in total. The minimum absolute atomic E-state index is 0.124. The molecule has 0 saturated heterocycles. The van der Waals surface area contributed by atoms with Gasteiger partial charge in [-0.15, -0.1) is 0 Å². The number of hydrogen-bond acceptors (Lipinski definition) is 7. The molecule has 0 fully saturated rings. The maximum Gasteiger partial charge on any atom is 0.319 e. The van der Waals surface area contributed by atoms with Gasteiger partial charge in [0, 0.05) is 19.6 Å². The normalized spacial score (nSPS) is 13.4. The zero-order chi connectivity index (χ0) is 31.2. The SMILES string of the molecule is CCCCCCCCCCCCCCCCOCC(CO[PH](=O)OCC[N+](C)(C)C)OCCCCCCC(=O)OCC. The summed E-state index contributed by atoms with van der Waals surface area (Å²) in [6, 6.07) is 0. The van der Waals surface area contributed by atoms with Gasteiger partial charge >= 0.3 is 14.2 Å². The number of likely N-dealkylation sites (N-methyl/N-ethyl adjacent to an activating group) is 1. The molecule has 0 aromatic rings. The molecule has 0 aliphatic rings. The van der Waals surface area contributed by atoms with Crippen LogP contribution in [0, 0.1) is 0 Å². The first-order valence-corrected chi connectivity index (χ1v) is 18.5. The van der Waals surface area contributed by atoms with Crippen LogP contribution in [-0.4, -0.2) is 83.9 Å². The second-order valence-corrected chi connectivity index (χ2v) is 13.6. The summed E-state index contributed by atoms with van der Waals surface area (Å²) in [5, 5.41) is 0. The van der Waals surface area contributed by atoms with E-state index in [1.165, 1.54) is 83.5 Å². The van der Waals surface area contributed by atoms with Crippen LogP contribution >= 0.6 is 8.25 Å². The largest absolute Gasteiger partial charge is 0.466 e. The zero-order valence-electron chi connectivity index (χ0n) is 28.3. The van der Waals surface area contributed by atoms with E-state index < -0.39 is 8.25 Å². The molecule has 0 bridgehead atoms. The molecule has 0 saturated carbocycles. The molecule has 0 radical (unpaired) electrons. The van der Waals surface area contributed by atoms with E-state index in [1.54, 1.807) is 0 Å². The highest BCUT2D eigenvalue weighted by molar-refractivity contribution is 7.33. The van der Waals surface area contributed by atoms with Gasteiger partial charge in [-0.2, -0.15) is 0 Å². The Morgan fingerprint density at radius 2 is 1.17 bits per heavy atom. The van der Waals surface area contributed by atoms with Crippen molar-refractivity contribution in [3.63, 3.8) is 0 Å². The Kier molecular flexibility index (Phi) is 30.2. The molecular weight excluding hydrogens is 553 g/mol. The van der Waals surface area contributed by atoms with Crippen LogP contribution in [0.4, 0.5) is 0 Å². The summed E-state index contributed by atoms with van der Waals surface area (Å²) in [6.07, 6.45) is 22.6. The summed E-state index contributed by atoms with van der Waals surface area (Å²) in [5.41, 5.74) is 0. The first kappa shape index (κ1) is 41.5. The van der Waals surface area contributed by atoms with Gasteiger partial charge in [0.25, 0.3) is 0 Å². The van der Waals surface area contributed by atoms with Gasteiger partial charge in [0.2, 0.25) is 0 Å². The van der Waals surface area contributed by atoms with Gasteiger partial charge in [-0.05, 0) is 26.2 Å². The molecule has 0 aromatic heterocycles. The van der Waals surface area contributed by atoms with Crippen LogP contribution < -0.4 is 0 Å². The smallest absolute Gasteiger partial charge is 0.319 e. The van der Waals surface area contributed by atoms with Gasteiger partial charge in [-0.25, -0.2) is 0 Å². The van der Waals surface area contributed by atoms with Crippen molar-refractivity contribution in [3.05, 3.63) is 0 Å². The monoisotopic (exact) mass is 622 g/mol. The lowest BCUT2D eigenvalue weighted by atomic mass is 10.0. The van der Waals surface area contributed by atoms with Gasteiger partial charge in [0.05, 0.1) is 41.0 Å². The topological polar surface area (TPSA) is 80.3 Å². The highest BCUT2D eigenvalue weighted by Crippen LogP contribution is 2.24. The Labute approximate surface area is 260 Å². The molecule has 42 heavy (non-hydrogen) atoms. The summed E-state index contributed by atoms with van der Waals surface area (Å²) < 4.78 is 40.7. The molecule has 252 valence electrons. The van der Waals surface area contributed by atoms with Crippen LogP contribution in [0.15, 0.2) is 0 Å². The maximum absolute atomic E-state index is 12.2. The van der Waals surface area contributed by atoms with Crippen LogP contribution in [0.1, 0.15) is 136 Å². The quantitative estimate of drug-likeness (QED) is 0.0314. The third-order valence-corrected chi connectivity index (χ3v) is 8.09. The number of rotatable bonds is 33. The number of hydrogen-bond donors (Lipinski definition) is 0. The molecule has 0 rings (SSSR count). The van der Waals surface area contributed by atoms with E-state index in [-0.39, 0.29) is 18.7 Å². The van der Waals surface area contributed by atoms with Crippen molar-refractivity contribution in [2.24, 2.45) is 0 Å². The summed E-state index contributed by atoms with van der Waals surface area (Å²) in [6.45, 7) is 7.61. The van der Waals surface area contributed by atoms with E-state index in [0.29, 0.717) is 39.5 Å². The molecular formula is C33H69NO7P+. The first-order chi connectivity index (χ1) is 20.3. The molecule has 0 amide bonds. The lowest BCUT2D eigenvalue weighted by Gasteiger charge is -2.23. The molecule has 0 spiro atoms. The fraction of sp³-hybridized carbons (Fsp3) is 0.970. The van der Waals surface area contributed by atoms with Crippen molar-refractivity contribution >= 4 is 14.2 Å². The summed E-state index contributed by atoms with van der Waals surface area (Å²) in [4.78, 5) is 11.4. The van der Waals surface area contributed by atoms with E-state index in [4.69, 9.17) is 23.3 Å². The zero-order valence-corrected chi connectivity index (χ0v) is 29.3. The van der Waals surface area contributed by atoms with Crippen LogP contribution in [0.25, 0.3) is 0 Å². The van der Waals surface area contributed by atoms with Crippen molar-refractivity contribution in [1.29, 1.82) is 0 Å². The molecule has 2 unspecified atom stereocenters. The fourth-order valence-electron chi connectivity index (χ4n) is 4.57. The van der Waals surface area contributed by atoms with E-state index in [1.807, 2.05) is 6.92 Å². The lowest BCUT2D eigenvalue weighted by molar-refractivity contribution is -0.870. The average molecular weight is 623 g/mol. The van der Waals surface area contributed by atoms with E-state index in [9.17, 15) is 9.36 Å². The minimum Gasteiger partial charge on any atom is -0.466 e. The molecule has 0 aliphatic heterocycles. The third kappa shape index (κ3) is 32.4. The van der Waals surface area contributed by atoms with Crippen LogP contribution in [0.3, 0.4) is 0 Å². The third-order valence-electron chi connectivity index (χ3n) is 7.25. The number of carbonyl (C=O) groups is 1. The van der Waals surface area contributed by atoms with Crippen molar-refractivity contribution in [2.45, 2.75) is 142 Å². The van der Waals surface area contributed by atoms with Gasteiger partial charge in [0.1, 0.15) is 19.3 Å². The van der Waals surface area contributed by atoms with Gasteiger partial charge < -0.3 is 27.7 Å². The number of quaternary nitrogens is 1. The second-order valence-electron chi connectivity index (χ2n) is 12.6. The molecule has 2 atom stereocenters.